The number of nitrogens with one attached hydrogen (secondary N) is 1. The lowest BCUT2D eigenvalue weighted by Crippen LogP contribution is -2.25. The molecule has 6 heteroatoms. The summed E-state index contributed by atoms with van der Waals surface area (Å²) in [5.74, 6) is -2.68. The van der Waals surface area contributed by atoms with E-state index in [1.54, 1.807) is 0 Å². The highest BCUT2D eigenvalue weighted by atomic mass is 79.9. The molecular formula is C14H13BrF3NS. The standard InChI is InChI=1S/C14H13BrF3NS/c1-2-3-19-14(9-6-20-7-10(9)15)13-11(17)4-8(16)5-12(13)18/h4-7,14,19H,2-3H2,1H3. The highest BCUT2D eigenvalue weighted by Gasteiger charge is 2.24. The van der Waals surface area contributed by atoms with Crippen molar-refractivity contribution in [3.05, 3.63) is 55.9 Å². The van der Waals surface area contributed by atoms with E-state index in [0.29, 0.717) is 18.7 Å². The van der Waals surface area contributed by atoms with E-state index in [1.807, 2.05) is 17.7 Å². The fraction of sp³-hybridized carbons (Fsp3) is 0.286. The summed E-state index contributed by atoms with van der Waals surface area (Å²) >= 11 is 4.80. The molecule has 1 aromatic carbocycles. The average molecular weight is 364 g/mol. The molecule has 1 aromatic heterocycles. The predicted molar refractivity (Wildman–Crippen MR) is 78.5 cm³/mol. The van der Waals surface area contributed by atoms with E-state index in [1.165, 1.54) is 11.3 Å². The molecule has 1 atom stereocenters. The Balaban J connectivity index is 2.50. The van der Waals surface area contributed by atoms with Crippen molar-refractivity contribution in [2.75, 3.05) is 6.54 Å². The zero-order valence-electron chi connectivity index (χ0n) is 10.7. The first-order chi connectivity index (χ1) is 9.54. The zero-order valence-corrected chi connectivity index (χ0v) is 13.1. The van der Waals surface area contributed by atoms with Gasteiger partial charge in [0, 0.05) is 27.5 Å². The van der Waals surface area contributed by atoms with Crippen molar-refractivity contribution in [2.24, 2.45) is 0 Å². The van der Waals surface area contributed by atoms with Crippen LogP contribution in [0.15, 0.2) is 27.4 Å². The van der Waals surface area contributed by atoms with Crippen LogP contribution in [0.25, 0.3) is 0 Å². The molecule has 0 aliphatic carbocycles. The van der Waals surface area contributed by atoms with Crippen molar-refractivity contribution in [1.29, 1.82) is 0 Å². The third-order valence-electron chi connectivity index (χ3n) is 2.88. The molecule has 20 heavy (non-hydrogen) atoms. The largest absolute Gasteiger partial charge is 0.306 e. The Kier molecular flexibility index (Phi) is 5.23. The van der Waals surface area contributed by atoms with Crippen LogP contribution in [0.3, 0.4) is 0 Å². The second kappa shape index (κ2) is 6.74. The van der Waals surface area contributed by atoms with Crippen molar-refractivity contribution in [3.63, 3.8) is 0 Å². The van der Waals surface area contributed by atoms with Gasteiger partial charge in [0.05, 0.1) is 6.04 Å². The van der Waals surface area contributed by atoms with Crippen LogP contribution in [0, 0.1) is 17.5 Å². The van der Waals surface area contributed by atoms with E-state index in [2.05, 4.69) is 21.2 Å². The molecule has 0 radical (unpaired) electrons. The van der Waals surface area contributed by atoms with Gasteiger partial charge >= 0.3 is 0 Å². The van der Waals surface area contributed by atoms with Crippen LogP contribution < -0.4 is 5.32 Å². The molecule has 2 aromatic rings. The molecule has 0 aliphatic heterocycles. The zero-order chi connectivity index (χ0) is 14.7. The molecule has 108 valence electrons. The molecule has 0 saturated heterocycles. The Morgan fingerprint density at radius 2 is 1.85 bits per heavy atom. The molecule has 0 saturated carbocycles. The third kappa shape index (κ3) is 3.24. The fourth-order valence-corrected chi connectivity index (χ4v) is 3.53. The molecule has 0 aliphatic rings. The highest BCUT2D eigenvalue weighted by molar-refractivity contribution is 9.10. The molecule has 1 heterocycles. The first-order valence-electron chi connectivity index (χ1n) is 6.14. The van der Waals surface area contributed by atoms with E-state index in [4.69, 9.17) is 0 Å². The maximum Gasteiger partial charge on any atom is 0.134 e. The summed E-state index contributed by atoms with van der Waals surface area (Å²) in [7, 11) is 0. The molecule has 0 amide bonds. The summed E-state index contributed by atoms with van der Waals surface area (Å²) < 4.78 is 41.8. The van der Waals surface area contributed by atoms with Crippen LogP contribution >= 0.6 is 27.3 Å². The van der Waals surface area contributed by atoms with Gasteiger partial charge in [0.1, 0.15) is 17.5 Å². The Morgan fingerprint density at radius 3 is 2.35 bits per heavy atom. The number of benzene rings is 1. The van der Waals surface area contributed by atoms with Gasteiger partial charge in [0.2, 0.25) is 0 Å². The number of halogens is 4. The van der Waals surface area contributed by atoms with Crippen molar-refractivity contribution in [2.45, 2.75) is 19.4 Å². The van der Waals surface area contributed by atoms with Gasteiger partial charge in [-0.05, 0) is 39.8 Å². The SMILES string of the molecule is CCCNC(c1cscc1Br)c1c(F)cc(F)cc1F. The maximum atomic E-state index is 14.0. The van der Waals surface area contributed by atoms with Gasteiger partial charge in [-0.15, -0.1) is 0 Å². The molecule has 1 nitrogen and oxygen atoms in total. The minimum atomic E-state index is -0.914. The lowest BCUT2D eigenvalue weighted by molar-refractivity contribution is 0.486. The normalized spacial score (nSPS) is 12.7. The van der Waals surface area contributed by atoms with Gasteiger partial charge in [-0.2, -0.15) is 11.3 Å². The Bertz CT molecular complexity index is 577. The lowest BCUT2D eigenvalue weighted by Gasteiger charge is -2.20. The van der Waals surface area contributed by atoms with Crippen LogP contribution in [0.4, 0.5) is 13.2 Å². The Hall–Kier alpha value is -0.850. The smallest absolute Gasteiger partial charge is 0.134 e. The van der Waals surface area contributed by atoms with Crippen LogP contribution in [0.1, 0.15) is 30.5 Å². The van der Waals surface area contributed by atoms with E-state index >= 15 is 0 Å². The van der Waals surface area contributed by atoms with Gasteiger partial charge in [-0.1, -0.05) is 6.92 Å². The van der Waals surface area contributed by atoms with Gasteiger partial charge in [-0.3, -0.25) is 0 Å². The minimum Gasteiger partial charge on any atom is -0.306 e. The van der Waals surface area contributed by atoms with Gasteiger partial charge in [0.15, 0.2) is 0 Å². The van der Waals surface area contributed by atoms with Gasteiger partial charge < -0.3 is 5.32 Å². The second-order valence-corrected chi connectivity index (χ2v) is 5.94. The fourth-order valence-electron chi connectivity index (χ4n) is 1.98. The summed E-state index contributed by atoms with van der Waals surface area (Å²) in [6.45, 7) is 2.56. The third-order valence-corrected chi connectivity index (χ3v) is 4.64. The summed E-state index contributed by atoms with van der Waals surface area (Å²) in [6, 6.07) is 0.773. The molecular weight excluding hydrogens is 351 g/mol. The molecule has 1 N–H and O–H groups in total. The predicted octanol–water partition coefficient (Wildman–Crippen LogP) is 5.02. The summed E-state index contributed by atoms with van der Waals surface area (Å²) in [6.07, 6.45) is 0.822. The van der Waals surface area contributed by atoms with Crippen LogP contribution in [-0.4, -0.2) is 6.54 Å². The van der Waals surface area contributed by atoms with E-state index < -0.39 is 23.5 Å². The maximum absolute atomic E-state index is 14.0. The summed E-state index contributed by atoms with van der Waals surface area (Å²) in [4.78, 5) is 0. The first-order valence-corrected chi connectivity index (χ1v) is 7.87. The van der Waals surface area contributed by atoms with Crippen molar-refractivity contribution < 1.29 is 13.2 Å². The van der Waals surface area contributed by atoms with Crippen molar-refractivity contribution >= 4 is 27.3 Å². The van der Waals surface area contributed by atoms with Crippen LogP contribution in [0.5, 0.6) is 0 Å². The van der Waals surface area contributed by atoms with E-state index in [9.17, 15) is 13.2 Å². The van der Waals surface area contributed by atoms with Gasteiger partial charge in [0.25, 0.3) is 0 Å². The first kappa shape index (κ1) is 15.5. The van der Waals surface area contributed by atoms with Gasteiger partial charge in [-0.25, -0.2) is 13.2 Å². The van der Waals surface area contributed by atoms with Crippen molar-refractivity contribution in [1.82, 2.24) is 5.32 Å². The topological polar surface area (TPSA) is 12.0 Å². The molecule has 0 fully saturated rings. The number of rotatable bonds is 5. The minimum absolute atomic E-state index is 0.154. The molecule has 2 rings (SSSR count). The van der Waals surface area contributed by atoms with E-state index in [0.717, 1.165) is 16.5 Å². The van der Waals surface area contributed by atoms with Crippen LogP contribution in [0.2, 0.25) is 0 Å². The monoisotopic (exact) mass is 363 g/mol. The Labute approximate surface area is 128 Å². The molecule has 0 bridgehead atoms. The quantitative estimate of drug-likeness (QED) is 0.786. The molecule has 1 unspecified atom stereocenters. The number of hydrogen-bond acceptors (Lipinski definition) is 2. The second-order valence-electron chi connectivity index (χ2n) is 4.35. The summed E-state index contributed by atoms with van der Waals surface area (Å²) in [5, 5.41) is 6.77. The average Bonchev–Trinajstić information content (AvgIpc) is 2.78. The molecule has 0 spiro atoms. The highest BCUT2D eigenvalue weighted by Crippen LogP contribution is 2.34. The van der Waals surface area contributed by atoms with Crippen molar-refractivity contribution in [3.8, 4) is 0 Å². The Morgan fingerprint density at radius 1 is 1.20 bits per heavy atom. The van der Waals surface area contributed by atoms with Crippen LogP contribution in [-0.2, 0) is 0 Å². The number of thiophene rings is 1. The van der Waals surface area contributed by atoms with E-state index in [-0.39, 0.29) is 5.56 Å². The number of hydrogen-bond donors (Lipinski definition) is 1. The lowest BCUT2D eigenvalue weighted by atomic mass is 9.99. The summed E-state index contributed by atoms with van der Waals surface area (Å²) in [5.41, 5.74) is 0.590.